The molecule has 5 nitrogen and oxygen atoms in total. The van der Waals surface area contributed by atoms with Gasteiger partial charge in [-0.15, -0.1) is 0 Å². The Kier molecular flexibility index (Phi) is 5.19. The lowest BCUT2D eigenvalue weighted by atomic mass is 10.0. The van der Waals surface area contributed by atoms with Gasteiger partial charge in [0.15, 0.2) is 0 Å². The second-order valence-corrected chi connectivity index (χ2v) is 5.17. The van der Waals surface area contributed by atoms with E-state index in [9.17, 15) is 18.0 Å². The molecular weight excluding hydrogens is 287 g/mol. The molecule has 1 aromatic rings. The molecule has 0 bridgehead atoms. The zero-order valence-electron chi connectivity index (χ0n) is 12.0. The lowest BCUT2D eigenvalue weighted by Crippen LogP contribution is -2.46. The van der Waals surface area contributed by atoms with Crippen LogP contribution in [0.2, 0.25) is 0 Å². The van der Waals surface area contributed by atoms with Crippen molar-refractivity contribution in [2.24, 2.45) is 5.84 Å². The van der Waals surface area contributed by atoms with Crippen LogP contribution in [-0.4, -0.2) is 25.2 Å². The minimum atomic E-state index is -4.61. The van der Waals surface area contributed by atoms with Gasteiger partial charge in [0.2, 0.25) is 0 Å². The van der Waals surface area contributed by atoms with E-state index in [1.807, 2.05) is 5.43 Å². The second-order valence-electron chi connectivity index (χ2n) is 5.17. The highest BCUT2D eigenvalue weighted by Crippen LogP contribution is 2.35. The van der Waals surface area contributed by atoms with Crippen LogP contribution in [0.15, 0.2) is 18.2 Å². The predicted molar refractivity (Wildman–Crippen MR) is 72.7 cm³/mol. The third-order valence-corrected chi connectivity index (χ3v) is 2.70. The molecule has 0 unspecified atom stereocenters. The number of anilines is 1. The van der Waals surface area contributed by atoms with E-state index in [4.69, 9.17) is 10.6 Å². The monoisotopic (exact) mass is 305 g/mol. The van der Waals surface area contributed by atoms with Gasteiger partial charge in [0.05, 0.1) is 23.4 Å². The summed E-state index contributed by atoms with van der Waals surface area (Å²) in [4.78, 5) is 12.0. The number of ether oxygens (including phenoxy) is 1. The van der Waals surface area contributed by atoms with Crippen LogP contribution in [0.3, 0.4) is 0 Å². The molecule has 0 aliphatic heterocycles. The van der Waals surface area contributed by atoms with Crippen molar-refractivity contribution < 1.29 is 22.7 Å². The molecule has 0 spiro atoms. The van der Waals surface area contributed by atoms with Crippen LogP contribution in [0.1, 0.15) is 29.8 Å². The zero-order valence-corrected chi connectivity index (χ0v) is 12.0. The normalized spacial score (nSPS) is 12.1. The smallest absolute Gasteiger partial charge is 0.382 e. The van der Waals surface area contributed by atoms with Gasteiger partial charge >= 0.3 is 6.18 Å². The number of nitrogens with two attached hydrogens (primary N) is 1. The Bertz CT molecular complexity index is 516. The van der Waals surface area contributed by atoms with E-state index in [2.05, 4.69) is 5.32 Å². The molecule has 1 rings (SSSR count). The molecule has 8 heteroatoms. The molecule has 4 N–H and O–H groups in total. The van der Waals surface area contributed by atoms with Gasteiger partial charge in [0.25, 0.3) is 5.91 Å². The van der Waals surface area contributed by atoms with Crippen LogP contribution < -0.4 is 16.6 Å². The van der Waals surface area contributed by atoms with Crippen molar-refractivity contribution in [3.63, 3.8) is 0 Å². The first-order valence-corrected chi connectivity index (χ1v) is 6.10. The molecule has 0 aliphatic rings. The summed E-state index contributed by atoms with van der Waals surface area (Å²) in [7, 11) is 1.47. The number of nitrogens with one attached hydrogen (secondary N) is 2. The molecule has 0 heterocycles. The molecule has 0 aromatic heterocycles. The number of carbonyl (C=O) groups excluding carboxylic acids is 1. The topological polar surface area (TPSA) is 76.4 Å². The number of hydrogen-bond donors (Lipinski definition) is 3. The summed E-state index contributed by atoms with van der Waals surface area (Å²) in [5, 5.41) is 2.61. The van der Waals surface area contributed by atoms with Crippen molar-refractivity contribution in [3.8, 4) is 0 Å². The van der Waals surface area contributed by atoms with E-state index in [-0.39, 0.29) is 17.9 Å². The maximum atomic E-state index is 12.9. The lowest BCUT2D eigenvalue weighted by molar-refractivity contribution is -0.137. The Morgan fingerprint density at radius 3 is 2.43 bits per heavy atom. The summed E-state index contributed by atoms with van der Waals surface area (Å²) in [6.45, 7) is 3.64. The number of benzene rings is 1. The fourth-order valence-corrected chi connectivity index (χ4v) is 1.82. The molecule has 0 saturated carbocycles. The highest BCUT2D eigenvalue weighted by Gasteiger charge is 2.34. The van der Waals surface area contributed by atoms with E-state index in [1.165, 1.54) is 13.2 Å². The average molecular weight is 305 g/mol. The van der Waals surface area contributed by atoms with Crippen LogP contribution in [-0.2, 0) is 10.9 Å². The number of methoxy groups -OCH3 is 1. The van der Waals surface area contributed by atoms with E-state index >= 15 is 0 Å². The number of carbonyl (C=O) groups is 1. The van der Waals surface area contributed by atoms with Gasteiger partial charge in [0, 0.05) is 12.7 Å². The zero-order chi connectivity index (χ0) is 16.3. The van der Waals surface area contributed by atoms with E-state index in [1.54, 1.807) is 13.8 Å². The van der Waals surface area contributed by atoms with Crippen LogP contribution in [0.4, 0.5) is 18.9 Å². The summed E-state index contributed by atoms with van der Waals surface area (Å²) in [6, 6.07) is 3.14. The van der Waals surface area contributed by atoms with Crippen molar-refractivity contribution in [1.82, 2.24) is 5.32 Å². The fraction of sp³-hybridized carbons (Fsp3) is 0.462. The van der Waals surface area contributed by atoms with Gasteiger partial charge in [0.1, 0.15) is 0 Å². The Labute approximate surface area is 120 Å². The Hall–Kier alpha value is -1.80. The third kappa shape index (κ3) is 4.61. The van der Waals surface area contributed by atoms with Gasteiger partial charge in [-0.3, -0.25) is 10.6 Å². The maximum Gasteiger partial charge on any atom is 0.418 e. The predicted octanol–water partition coefficient (Wildman–Crippen LogP) is 2.15. The minimum absolute atomic E-state index is 0.106. The summed E-state index contributed by atoms with van der Waals surface area (Å²) in [6.07, 6.45) is -4.61. The second kappa shape index (κ2) is 6.31. The van der Waals surface area contributed by atoms with Crippen molar-refractivity contribution in [1.29, 1.82) is 0 Å². The van der Waals surface area contributed by atoms with Gasteiger partial charge in [-0.05, 0) is 32.0 Å². The molecular formula is C13H18F3N3O2. The summed E-state index contributed by atoms with van der Waals surface area (Å²) in [5.41, 5.74) is -0.134. The quantitative estimate of drug-likeness (QED) is 0.575. The first-order chi connectivity index (χ1) is 9.60. The highest BCUT2D eigenvalue weighted by molar-refractivity contribution is 5.95. The molecule has 1 amide bonds. The van der Waals surface area contributed by atoms with Crippen molar-refractivity contribution in [2.45, 2.75) is 25.6 Å². The number of nitrogen functional groups attached to an aromatic ring is 1. The first-order valence-electron chi connectivity index (χ1n) is 6.10. The SMILES string of the molecule is COCC(C)(C)NC(=O)c1ccc(NN)c(C(F)(F)F)c1. The number of hydrazine groups is 1. The molecule has 0 fully saturated rings. The summed E-state index contributed by atoms with van der Waals surface area (Å²) < 4.78 is 43.6. The standard InChI is InChI=1S/C13H18F3N3O2/c1-12(2,7-21-3)18-11(20)8-4-5-10(19-17)9(6-8)13(14,15)16/h4-6,19H,7,17H2,1-3H3,(H,18,20). The van der Waals surface area contributed by atoms with Crippen LogP contribution in [0.5, 0.6) is 0 Å². The van der Waals surface area contributed by atoms with Crippen LogP contribution >= 0.6 is 0 Å². The lowest BCUT2D eigenvalue weighted by Gasteiger charge is -2.25. The van der Waals surface area contributed by atoms with Crippen molar-refractivity contribution in [3.05, 3.63) is 29.3 Å². The number of alkyl halides is 3. The van der Waals surface area contributed by atoms with Gasteiger partial charge in [-0.1, -0.05) is 0 Å². The summed E-state index contributed by atoms with van der Waals surface area (Å²) >= 11 is 0. The molecule has 0 radical (unpaired) electrons. The number of rotatable bonds is 5. The van der Waals surface area contributed by atoms with Gasteiger partial charge in [-0.2, -0.15) is 13.2 Å². The summed E-state index contributed by atoms with van der Waals surface area (Å²) in [5.74, 6) is 4.43. The van der Waals surface area contributed by atoms with Crippen molar-refractivity contribution in [2.75, 3.05) is 19.1 Å². The Morgan fingerprint density at radius 1 is 1.33 bits per heavy atom. The molecule has 0 aliphatic carbocycles. The number of amides is 1. The van der Waals surface area contributed by atoms with E-state index in [0.29, 0.717) is 0 Å². The van der Waals surface area contributed by atoms with Crippen LogP contribution in [0, 0.1) is 0 Å². The molecule has 1 aromatic carbocycles. The largest absolute Gasteiger partial charge is 0.418 e. The third-order valence-electron chi connectivity index (χ3n) is 2.70. The Balaban J connectivity index is 3.07. The average Bonchev–Trinajstić information content (AvgIpc) is 2.36. The molecule has 118 valence electrons. The minimum Gasteiger partial charge on any atom is -0.382 e. The van der Waals surface area contributed by atoms with E-state index in [0.717, 1.165) is 12.1 Å². The first kappa shape index (κ1) is 17.3. The van der Waals surface area contributed by atoms with Gasteiger partial charge < -0.3 is 15.5 Å². The number of hydrogen-bond acceptors (Lipinski definition) is 4. The molecule has 21 heavy (non-hydrogen) atoms. The van der Waals surface area contributed by atoms with Crippen molar-refractivity contribution >= 4 is 11.6 Å². The maximum absolute atomic E-state index is 12.9. The Morgan fingerprint density at radius 2 is 1.95 bits per heavy atom. The fourth-order valence-electron chi connectivity index (χ4n) is 1.82. The van der Waals surface area contributed by atoms with Crippen LogP contribution in [0.25, 0.3) is 0 Å². The number of halogens is 3. The van der Waals surface area contributed by atoms with Gasteiger partial charge in [-0.25, -0.2) is 0 Å². The molecule has 0 atom stereocenters. The highest BCUT2D eigenvalue weighted by atomic mass is 19.4. The molecule has 0 saturated heterocycles. The van der Waals surface area contributed by atoms with E-state index < -0.39 is 23.2 Å².